The molecule has 0 bridgehead atoms. The highest BCUT2D eigenvalue weighted by Crippen LogP contribution is 2.21. The Kier molecular flexibility index (Phi) is 4.59. The van der Waals surface area contributed by atoms with E-state index in [1.165, 1.54) is 11.1 Å². The normalized spacial score (nSPS) is 12.5. The third-order valence-corrected chi connectivity index (χ3v) is 2.63. The topological polar surface area (TPSA) is 47.3 Å². The van der Waals surface area contributed by atoms with Gasteiger partial charge in [0.05, 0.1) is 7.11 Å². The maximum atomic E-state index is 5.47. The van der Waals surface area contributed by atoms with E-state index >= 15 is 0 Å². The molecular formula is C12H20N2O. The van der Waals surface area contributed by atoms with E-state index in [1.54, 1.807) is 7.11 Å². The van der Waals surface area contributed by atoms with Crippen LogP contribution in [0.3, 0.4) is 0 Å². The molecule has 0 heterocycles. The maximum absolute atomic E-state index is 5.47. The molecule has 3 heteroatoms. The van der Waals surface area contributed by atoms with Crippen LogP contribution in [-0.4, -0.2) is 13.2 Å². The Bertz CT molecular complexity index is 308. The minimum Gasteiger partial charge on any atom is -0.496 e. The van der Waals surface area contributed by atoms with Crippen LogP contribution in [0.5, 0.6) is 5.75 Å². The van der Waals surface area contributed by atoms with Crippen molar-refractivity contribution in [1.29, 1.82) is 0 Å². The summed E-state index contributed by atoms with van der Waals surface area (Å²) in [5.74, 6) is 6.41. The van der Waals surface area contributed by atoms with Crippen LogP contribution in [0.25, 0.3) is 0 Å². The van der Waals surface area contributed by atoms with Crippen molar-refractivity contribution in [3.05, 3.63) is 29.3 Å². The molecule has 15 heavy (non-hydrogen) atoms. The fraction of sp³-hybridized carbons (Fsp3) is 0.500. The van der Waals surface area contributed by atoms with Gasteiger partial charge < -0.3 is 4.74 Å². The lowest BCUT2D eigenvalue weighted by molar-refractivity contribution is 0.404. The van der Waals surface area contributed by atoms with Crippen LogP contribution < -0.4 is 16.0 Å². The van der Waals surface area contributed by atoms with E-state index in [-0.39, 0.29) is 0 Å². The van der Waals surface area contributed by atoms with Gasteiger partial charge in [-0.3, -0.25) is 11.3 Å². The SMILES string of the molecule is CCC(Cc1cc(C)ccc1OC)NN. The zero-order valence-corrected chi connectivity index (χ0v) is 9.71. The molecule has 3 N–H and O–H groups in total. The molecule has 1 aromatic rings. The number of ether oxygens (including phenoxy) is 1. The van der Waals surface area contributed by atoms with Crippen LogP contribution in [0.1, 0.15) is 24.5 Å². The fourth-order valence-electron chi connectivity index (χ4n) is 1.65. The maximum Gasteiger partial charge on any atom is 0.122 e. The van der Waals surface area contributed by atoms with E-state index in [4.69, 9.17) is 10.6 Å². The second-order valence-corrected chi connectivity index (χ2v) is 3.79. The number of methoxy groups -OCH3 is 1. The summed E-state index contributed by atoms with van der Waals surface area (Å²) >= 11 is 0. The van der Waals surface area contributed by atoms with Crippen LogP contribution >= 0.6 is 0 Å². The predicted octanol–water partition coefficient (Wildman–Crippen LogP) is 1.79. The number of hydrazine groups is 1. The zero-order chi connectivity index (χ0) is 11.3. The molecule has 0 saturated carbocycles. The summed E-state index contributed by atoms with van der Waals surface area (Å²) in [7, 11) is 1.70. The van der Waals surface area contributed by atoms with Gasteiger partial charge in [0.1, 0.15) is 5.75 Å². The van der Waals surface area contributed by atoms with E-state index in [0.29, 0.717) is 6.04 Å². The third kappa shape index (κ3) is 3.22. The smallest absolute Gasteiger partial charge is 0.122 e. The lowest BCUT2D eigenvalue weighted by Gasteiger charge is -2.16. The predicted molar refractivity (Wildman–Crippen MR) is 62.8 cm³/mol. The van der Waals surface area contributed by atoms with Gasteiger partial charge in [0, 0.05) is 6.04 Å². The van der Waals surface area contributed by atoms with Gasteiger partial charge in [-0.2, -0.15) is 0 Å². The summed E-state index contributed by atoms with van der Waals surface area (Å²) < 4.78 is 5.32. The summed E-state index contributed by atoms with van der Waals surface area (Å²) in [6, 6.07) is 6.52. The molecule has 0 amide bonds. The number of hydrogen-bond donors (Lipinski definition) is 2. The van der Waals surface area contributed by atoms with E-state index in [1.807, 2.05) is 6.07 Å². The Labute approximate surface area is 91.6 Å². The molecule has 0 aliphatic carbocycles. The Morgan fingerprint density at radius 3 is 2.73 bits per heavy atom. The lowest BCUT2D eigenvalue weighted by Crippen LogP contribution is -2.36. The quantitative estimate of drug-likeness (QED) is 0.573. The van der Waals surface area contributed by atoms with Crippen LogP contribution in [-0.2, 0) is 6.42 Å². The second-order valence-electron chi connectivity index (χ2n) is 3.79. The van der Waals surface area contributed by atoms with Gasteiger partial charge in [0.2, 0.25) is 0 Å². The number of hydrogen-bond acceptors (Lipinski definition) is 3. The molecule has 1 atom stereocenters. The second kappa shape index (κ2) is 5.73. The van der Waals surface area contributed by atoms with Crippen molar-refractivity contribution in [2.45, 2.75) is 32.7 Å². The Balaban J connectivity index is 2.86. The number of nitrogens with two attached hydrogens (primary N) is 1. The summed E-state index contributed by atoms with van der Waals surface area (Å²) in [5.41, 5.74) is 5.27. The molecule has 0 spiro atoms. The van der Waals surface area contributed by atoms with Crippen molar-refractivity contribution in [2.75, 3.05) is 7.11 Å². The van der Waals surface area contributed by atoms with Crippen molar-refractivity contribution in [1.82, 2.24) is 5.43 Å². The lowest BCUT2D eigenvalue weighted by atomic mass is 10.0. The van der Waals surface area contributed by atoms with Gasteiger partial charge in [-0.05, 0) is 31.4 Å². The molecule has 3 nitrogen and oxygen atoms in total. The molecular weight excluding hydrogens is 188 g/mol. The minimum atomic E-state index is 0.306. The van der Waals surface area contributed by atoms with Crippen LogP contribution in [0.2, 0.25) is 0 Å². The molecule has 0 aliphatic heterocycles. The van der Waals surface area contributed by atoms with Gasteiger partial charge in [0.15, 0.2) is 0 Å². The molecule has 0 saturated heterocycles. The number of aryl methyl sites for hydroxylation is 1. The first-order valence-electron chi connectivity index (χ1n) is 5.30. The summed E-state index contributed by atoms with van der Waals surface area (Å²) in [4.78, 5) is 0. The van der Waals surface area contributed by atoms with Gasteiger partial charge in [-0.15, -0.1) is 0 Å². The molecule has 1 aromatic carbocycles. The zero-order valence-electron chi connectivity index (χ0n) is 9.71. The molecule has 0 aliphatic rings. The van der Waals surface area contributed by atoms with E-state index in [2.05, 4.69) is 31.4 Å². The Morgan fingerprint density at radius 2 is 2.20 bits per heavy atom. The van der Waals surface area contributed by atoms with E-state index in [0.717, 1.165) is 18.6 Å². The van der Waals surface area contributed by atoms with Crippen molar-refractivity contribution < 1.29 is 4.74 Å². The molecule has 0 radical (unpaired) electrons. The minimum absolute atomic E-state index is 0.306. The third-order valence-electron chi connectivity index (χ3n) is 2.63. The highest BCUT2D eigenvalue weighted by atomic mass is 16.5. The average molecular weight is 208 g/mol. The van der Waals surface area contributed by atoms with Gasteiger partial charge in [-0.25, -0.2) is 0 Å². The highest BCUT2D eigenvalue weighted by molar-refractivity contribution is 5.37. The van der Waals surface area contributed by atoms with E-state index in [9.17, 15) is 0 Å². The largest absolute Gasteiger partial charge is 0.496 e. The Hall–Kier alpha value is -1.06. The van der Waals surface area contributed by atoms with Crippen molar-refractivity contribution in [3.8, 4) is 5.75 Å². The first kappa shape index (κ1) is 12.0. The van der Waals surface area contributed by atoms with Crippen molar-refractivity contribution in [3.63, 3.8) is 0 Å². The summed E-state index contributed by atoms with van der Waals surface area (Å²) in [6.07, 6.45) is 1.91. The molecule has 1 rings (SSSR count). The number of rotatable bonds is 5. The van der Waals surface area contributed by atoms with Gasteiger partial charge >= 0.3 is 0 Å². The first-order chi connectivity index (χ1) is 7.21. The Morgan fingerprint density at radius 1 is 1.47 bits per heavy atom. The molecule has 0 aromatic heterocycles. The van der Waals surface area contributed by atoms with E-state index < -0.39 is 0 Å². The van der Waals surface area contributed by atoms with Crippen LogP contribution in [0.15, 0.2) is 18.2 Å². The average Bonchev–Trinajstić information content (AvgIpc) is 2.26. The number of nitrogens with one attached hydrogen (secondary N) is 1. The summed E-state index contributed by atoms with van der Waals surface area (Å²) in [5, 5.41) is 0. The monoisotopic (exact) mass is 208 g/mol. The molecule has 1 unspecified atom stereocenters. The van der Waals surface area contributed by atoms with Crippen molar-refractivity contribution in [2.24, 2.45) is 5.84 Å². The van der Waals surface area contributed by atoms with Gasteiger partial charge in [-0.1, -0.05) is 24.6 Å². The van der Waals surface area contributed by atoms with Crippen molar-refractivity contribution >= 4 is 0 Å². The molecule has 0 fully saturated rings. The summed E-state index contributed by atoms with van der Waals surface area (Å²) in [6.45, 7) is 4.20. The van der Waals surface area contributed by atoms with Gasteiger partial charge in [0.25, 0.3) is 0 Å². The highest BCUT2D eigenvalue weighted by Gasteiger charge is 2.09. The molecule has 84 valence electrons. The first-order valence-corrected chi connectivity index (χ1v) is 5.30. The van der Waals surface area contributed by atoms with Crippen LogP contribution in [0, 0.1) is 6.92 Å². The standard InChI is InChI=1S/C12H20N2O/c1-4-11(14-13)8-10-7-9(2)5-6-12(10)15-3/h5-7,11,14H,4,8,13H2,1-3H3. The fourth-order valence-corrected chi connectivity index (χ4v) is 1.65. The van der Waals surface area contributed by atoms with Crippen LogP contribution in [0.4, 0.5) is 0 Å². The number of benzene rings is 1.